The van der Waals surface area contributed by atoms with Gasteiger partial charge in [0.1, 0.15) is 0 Å². The molecule has 30 heavy (non-hydrogen) atoms. The first-order valence-corrected chi connectivity index (χ1v) is 12.6. The van der Waals surface area contributed by atoms with Gasteiger partial charge in [0.2, 0.25) is 0 Å². The normalized spacial score (nSPS) is 15.8. The van der Waals surface area contributed by atoms with Gasteiger partial charge in [-0.2, -0.15) is 0 Å². The highest BCUT2D eigenvalue weighted by molar-refractivity contribution is 6.02. The molecule has 0 aliphatic heterocycles. The lowest BCUT2D eigenvalue weighted by Gasteiger charge is -2.20. The maximum absolute atomic E-state index is 5.33. The third-order valence-corrected chi connectivity index (χ3v) is 5.83. The molecule has 0 amide bonds. The number of aliphatic imine (C=N–C) groups is 1. The van der Waals surface area contributed by atoms with Crippen molar-refractivity contribution in [3.05, 3.63) is 41.1 Å². The maximum Gasteiger partial charge on any atom is 0.0697 e. The molecule has 0 bridgehead atoms. The average Bonchev–Trinajstić information content (AvgIpc) is 2.70. The number of nitrogens with zero attached hydrogens (tertiary/aromatic N) is 1. The molecule has 2 heteroatoms. The zero-order valence-electron chi connectivity index (χ0n) is 20.4. The summed E-state index contributed by atoms with van der Waals surface area (Å²) in [6.45, 7) is 12.6. The van der Waals surface area contributed by atoms with Gasteiger partial charge in [-0.05, 0) is 61.5 Å². The molecule has 0 fully saturated rings. The number of nitrogens with one attached hydrogen (secondary N) is 1. The molecule has 0 saturated heterocycles. The third-order valence-electron chi connectivity index (χ3n) is 5.83. The molecule has 0 radical (unpaired) electrons. The van der Waals surface area contributed by atoms with Crippen molar-refractivity contribution in [2.75, 3.05) is 6.54 Å². The van der Waals surface area contributed by atoms with Crippen LogP contribution in [0.2, 0.25) is 0 Å². The van der Waals surface area contributed by atoms with Crippen molar-refractivity contribution in [3.63, 3.8) is 0 Å². The Kier molecular flexibility index (Phi) is 11.3. The Labute approximate surface area is 186 Å². The fourth-order valence-electron chi connectivity index (χ4n) is 4.32. The molecular formula is C28H46N2. The van der Waals surface area contributed by atoms with E-state index in [0.29, 0.717) is 11.8 Å². The molecule has 1 aromatic rings. The van der Waals surface area contributed by atoms with Crippen LogP contribution >= 0.6 is 0 Å². The van der Waals surface area contributed by atoms with E-state index >= 15 is 0 Å². The molecular weight excluding hydrogens is 364 g/mol. The summed E-state index contributed by atoms with van der Waals surface area (Å²) in [7, 11) is 0. The molecule has 0 spiro atoms. The molecule has 0 heterocycles. The summed E-state index contributed by atoms with van der Waals surface area (Å²) in [5.74, 6) is 1.29. The largest absolute Gasteiger partial charge is 0.384 e. The predicted molar refractivity (Wildman–Crippen MR) is 134 cm³/mol. The van der Waals surface area contributed by atoms with Crippen LogP contribution in [-0.2, 0) is 12.8 Å². The lowest BCUT2D eigenvalue weighted by atomic mass is 9.94. The maximum atomic E-state index is 5.33. The molecule has 1 aromatic carbocycles. The SMILES string of the molecule is CCCCCCCCNC1=CCCC/C1=N\c1c(CC(C)C)cccc1CC(C)C. The highest BCUT2D eigenvalue weighted by Gasteiger charge is 2.16. The second-order valence-electron chi connectivity index (χ2n) is 9.88. The lowest BCUT2D eigenvalue weighted by Crippen LogP contribution is -2.24. The van der Waals surface area contributed by atoms with Crippen molar-refractivity contribution in [2.45, 2.75) is 105 Å². The fraction of sp³-hybridized carbons (Fsp3) is 0.679. The molecule has 0 unspecified atom stereocenters. The Morgan fingerprint density at radius 2 is 1.53 bits per heavy atom. The number of hydrogen-bond acceptors (Lipinski definition) is 2. The number of para-hydroxylation sites is 1. The second kappa shape index (κ2) is 13.7. The van der Waals surface area contributed by atoms with Gasteiger partial charge >= 0.3 is 0 Å². The highest BCUT2D eigenvalue weighted by Crippen LogP contribution is 2.31. The van der Waals surface area contributed by atoms with Gasteiger partial charge in [-0.3, -0.25) is 4.99 Å². The van der Waals surface area contributed by atoms with Crippen molar-refractivity contribution in [1.29, 1.82) is 0 Å². The minimum Gasteiger partial charge on any atom is -0.384 e. The van der Waals surface area contributed by atoms with E-state index < -0.39 is 0 Å². The van der Waals surface area contributed by atoms with Crippen LogP contribution in [0.1, 0.15) is 104 Å². The Morgan fingerprint density at radius 1 is 0.900 bits per heavy atom. The Bertz CT molecular complexity index is 654. The first-order chi connectivity index (χ1) is 14.5. The smallest absolute Gasteiger partial charge is 0.0697 e. The van der Waals surface area contributed by atoms with Gasteiger partial charge in [0.15, 0.2) is 0 Å². The monoisotopic (exact) mass is 410 g/mol. The summed E-state index contributed by atoms with van der Waals surface area (Å²) in [4.78, 5) is 5.33. The number of benzene rings is 1. The average molecular weight is 411 g/mol. The number of unbranched alkanes of at least 4 members (excludes halogenated alkanes) is 5. The molecule has 2 nitrogen and oxygen atoms in total. The summed E-state index contributed by atoms with van der Waals surface area (Å²) in [5.41, 5.74) is 6.65. The van der Waals surface area contributed by atoms with Crippen molar-refractivity contribution in [1.82, 2.24) is 5.32 Å². The Morgan fingerprint density at radius 3 is 2.17 bits per heavy atom. The van der Waals surface area contributed by atoms with Crippen molar-refractivity contribution in [3.8, 4) is 0 Å². The minimum atomic E-state index is 0.644. The van der Waals surface area contributed by atoms with Gasteiger partial charge in [-0.25, -0.2) is 0 Å². The number of allylic oxidation sites excluding steroid dienone is 2. The molecule has 0 saturated carbocycles. The summed E-state index contributed by atoms with van der Waals surface area (Å²) in [5, 5.41) is 3.73. The van der Waals surface area contributed by atoms with Crippen LogP contribution in [0.3, 0.4) is 0 Å². The summed E-state index contributed by atoms with van der Waals surface area (Å²) >= 11 is 0. The Hall–Kier alpha value is -1.57. The van der Waals surface area contributed by atoms with Crippen LogP contribution in [-0.4, -0.2) is 12.3 Å². The van der Waals surface area contributed by atoms with E-state index in [4.69, 9.17) is 4.99 Å². The summed E-state index contributed by atoms with van der Waals surface area (Å²) in [6.07, 6.45) is 16.1. The predicted octanol–water partition coefficient (Wildman–Crippen LogP) is 8.17. The van der Waals surface area contributed by atoms with E-state index in [-0.39, 0.29) is 0 Å². The fourth-order valence-corrected chi connectivity index (χ4v) is 4.32. The van der Waals surface area contributed by atoms with Crippen LogP contribution in [0.5, 0.6) is 0 Å². The van der Waals surface area contributed by atoms with E-state index in [1.807, 2.05) is 0 Å². The topological polar surface area (TPSA) is 24.4 Å². The molecule has 0 aromatic heterocycles. The van der Waals surface area contributed by atoms with E-state index in [1.165, 1.54) is 79.6 Å². The molecule has 2 rings (SSSR count). The van der Waals surface area contributed by atoms with Crippen LogP contribution in [0.25, 0.3) is 0 Å². The van der Waals surface area contributed by atoms with Crippen LogP contribution < -0.4 is 5.32 Å². The van der Waals surface area contributed by atoms with Crippen molar-refractivity contribution < 1.29 is 0 Å². The summed E-state index contributed by atoms with van der Waals surface area (Å²) < 4.78 is 0. The number of rotatable bonds is 13. The zero-order chi connectivity index (χ0) is 21.8. The van der Waals surface area contributed by atoms with Crippen molar-refractivity contribution >= 4 is 11.4 Å². The standard InChI is InChI=1S/C28H46N2/c1-6-7-8-9-10-13-19-29-26-17-11-12-18-27(26)30-28-24(20-22(2)3)15-14-16-25(28)21-23(4)5/h14-17,22-23,29H,6-13,18-21H2,1-5H3/b30-27+. The molecule has 1 aliphatic rings. The quantitative estimate of drug-likeness (QED) is 0.326. The van der Waals surface area contributed by atoms with Gasteiger partial charge in [-0.15, -0.1) is 0 Å². The van der Waals surface area contributed by atoms with E-state index in [2.05, 4.69) is 64.2 Å². The van der Waals surface area contributed by atoms with E-state index in [0.717, 1.165) is 25.8 Å². The molecule has 168 valence electrons. The van der Waals surface area contributed by atoms with Gasteiger partial charge in [0, 0.05) is 6.54 Å². The first-order valence-electron chi connectivity index (χ1n) is 12.6. The van der Waals surface area contributed by atoms with Gasteiger partial charge < -0.3 is 5.32 Å². The molecule has 1 N–H and O–H groups in total. The Balaban J connectivity index is 2.13. The van der Waals surface area contributed by atoms with E-state index in [9.17, 15) is 0 Å². The van der Waals surface area contributed by atoms with Crippen LogP contribution in [0.4, 0.5) is 5.69 Å². The van der Waals surface area contributed by atoms with Gasteiger partial charge in [0.05, 0.1) is 17.1 Å². The van der Waals surface area contributed by atoms with Crippen molar-refractivity contribution in [2.24, 2.45) is 16.8 Å². The first kappa shape index (κ1) is 24.7. The second-order valence-corrected chi connectivity index (χ2v) is 9.88. The molecule has 0 atom stereocenters. The zero-order valence-corrected chi connectivity index (χ0v) is 20.4. The van der Waals surface area contributed by atoms with Crippen LogP contribution in [0, 0.1) is 11.8 Å². The molecule has 1 aliphatic carbocycles. The lowest BCUT2D eigenvalue weighted by molar-refractivity contribution is 0.594. The summed E-state index contributed by atoms with van der Waals surface area (Å²) in [6, 6.07) is 6.81. The highest BCUT2D eigenvalue weighted by atomic mass is 14.9. The van der Waals surface area contributed by atoms with Crippen LogP contribution in [0.15, 0.2) is 35.0 Å². The van der Waals surface area contributed by atoms with E-state index in [1.54, 1.807) is 0 Å². The number of hydrogen-bond donors (Lipinski definition) is 1. The minimum absolute atomic E-state index is 0.644. The van der Waals surface area contributed by atoms with Gasteiger partial charge in [-0.1, -0.05) is 91.0 Å². The third kappa shape index (κ3) is 8.66. The van der Waals surface area contributed by atoms with Gasteiger partial charge in [0.25, 0.3) is 0 Å².